The molecule has 0 bridgehead atoms. The Morgan fingerprint density at radius 2 is 1.84 bits per heavy atom. The van der Waals surface area contributed by atoms with E-state index in [-0.39, 0.29) is 29.6 Å². The first-order valence-electron chi connectivity index (χ1n) is 6.99. The van der Waals surface area contributed by atoms with E-state index in [0.717, 1.165) is 12.8 Å². The molecule has 0 aromatic heterocycles. The van der Waals surface area contributed by atoms with Crippen LogP contribution in [0.5, 0.6) is 0 Å². The molecule has 106 valence electrons. The SMILES string of the molecule is CC1(C)C[C@H]2[C@H](O)C(CO)=C3C(=O)[C@@H](O)[C@]3(C)[C@H]2C1. The molecule has 3 aliphatic rings. The van der Waals surface area contributed by atoms with Gasteiger partial charge < -0.3 is 15.3 Å². The molecule has 3 rings (SSSR count). The zero-order valence-electron chi connectivity index (χ0n) is 11.7. The van der Waals surface area contributed by atoms with Crippen molar-refractivity contribution in [3.63, 3.8) is 0 Å². The minimum atomic E-state index is -0.974. The van der Waals surface area contributed by atoms with Crippen LogP contribution in [0.2, 0.25) is 0 Å². The Hall–Kier alpha value is -0.710. The summed E-state index contributed by atoms with van der Waals surface area (Å²) in [6.07, 6.45) is 0.0541. The van der Waals surface area contributed by atoms with Gasteiger partial charge in [0.1, 0.15) is 6.10 Å². The number of ketones is 1. The van der Waals surface area contributed by atoms with Crippen LogP contribution in [0.1, 0.15) is 33.6 Å². The number of fused-ring (bicyclic) bond motifs is 3. The normalized spacial score (nSPS) is 47.8. The first-order chi connectivity index (χ1) is 8.74. The van der Waals surface area contributed by atoms with Crippen LogP contribution in [0, 0.1) is 22.7 Å². The molecule has 0 saturated heterocycles. The molecule has 19 heavy (non-hydrogen) atoms. The lowest BCUT2D eigenvalue weighted by molar-refractivity contribution is -0.151. The van der Waals surface area contributed by atoms with E-state index in [4.69, 9.17) is 0 Å². The van der Waals surface area contributed by atoms with Crippen LogP contribution < -0.4 is 0 Å². The summed E-state index contributed by atoms with van der Waals surface area (Å²) in [6.45, 7) is 5.93. The predicted molar refractivity (Wildman–Crippen MR) is 69.2 cm³/mol. The Kier molecular flexibility index (Phi) is 2.58. The van der Waals surface area contributed by atoms with Crippen molar-refractivity contribution in [1.82, 2.24) is 0 Å². The van der Waals surface area contributed by atoms with Gasteiger partial charge in [-0.2, -0.15) is 0 Å². The second kappa shape index (κ2) is 3.68. The molecule has 2 saturated carbocycles. The molecule has 5 atom stereocenters. The first kappa shape index (κ1) is 13.3. The fourth-order valence-corrected chi connectivity index (χ4v) is 4.80. The molecule has 4 nitrogen and oxygen atoms in total. The molecule has 0 heterocycles. The van der Waals surface area contributed by atoms with E-state index in [1.54, 1.807) is 0 Å². The van der Waals surface area contributed by atoms with Gasteiger partial charge in [0.25, 0.3) is 0 Å². The van der Waals surface area contributed by atoms with Gasteiger partial charge in [-0.05, 0) is 35.7 Å². The molecule has 0 aromatic carbocycles. The monoisotopic (exact) mass is 266 g/mol. The summed E-state index contributed by atoms with van der Waals surface area (Å²) in [5.41, 5.74) is 0.464. The van der Waals surface area contributed by atoms with Crippen LogP contribution >= 0.6 is 0 Å². The molecule has 4 heteroatoms. The van der Waals surface area contributed by atoms with Gasteiger partial charge in [0.05, 0.1) is 12.7 Å². The van der Waals surface area contributed by atoms with Crippen molar-refractivity contribution in [2.45, 2.75) is 45.8 Å². The van der Waals surface area contributed by atoms with Crippen molar-refractivity contribution in [2.24, 2.45) is 22.7 Å². The highest BCUT2D eigenvalue weighted by molar-refractivity contribution is 6.09. The third kappa shape index (κ3) is 1.42. The van der Waals surface area contributed by atoms with Gasteiger partial charge in [-0.15, -0.1) is 0 Å². The summed E-state index contributed by atoms with van der Waals surface area (Å²) >= 11 is 0. The average molecular weight is 266 g/mol. The summed E-state index contributed by atoms with van der Waals surface area (Å²) in [4.78, 5) is 11.9. The lowest BCUT2D eigenvalue weighted by atomic mass is 9.48. The molecule has 3 aliphatic carbocycles. The molecule has 3 N–H and O–H groups in total. The fraction of sp³-hybridized carbons (Fsp3) is 0.800. The Morgan fingerprint density at radius 3 is 2.42 bits per heavy atom. The largest absolute Gasteiger partial charge is 0.392 e. The van der Waals surface area contributed by atoms with Crippen molar-refractivity contribution < 1.29 is 20.1 Å². The molecule has 0 amide bonds. The summed E-state index contributed by atoms with van der Waals surface area (Å²) < 4.78 is 0. The summed E-state index contributed by atoms with van der Waals surface area (Å²) in [5, 5.41) is 30.1. The molecule has 0 spiro atoms. The second-order valence-electron chi connectivity index (χ2n) is 7.40. The maximum absolute atomic E-state index is 11.9. The van der Waals surface area contributed by atoms with E-state index in [9.17, 15) is 20.1 Å². The van der Waals surface area contributed by atoms with Gasteiger partial charge in [-0.25, -0.2) is 0 Å². The first-order valence-corrected chi connectivity index (χ1v) is 6.99. The molecule has 0 aliphatic heterocycles. The van der Waals surface area contributed by atoms with Gasteiger partial charge in [0.2, 0.25) is 0 Å². The zero-order chi connectivity index (χ0) is 14.2. The van der Waals surface area contributed by atoms with Crippen molar-refractivity contribution in [2.75, 3.05) is 6.61 Å². The maximum atomic E-state index is 11.9. The average Bonchev–Trinajstić information content (AvgIpc) is 2.69. The Balaban J connectivity index is 2.12. The Labute approximate surface area is 113 Å². The molecule has 2 fully saturated rings. The van der Waals surface area contributed by atoms with Gasteiger partial charge in [0, 0.05) is 11.0 Å². The van der Waals surface area contributed by atoms with Crippen molar-refractivity contribution in [3.05, 3.63) is 11.1 Å². The highest BCUT2D eigenvalue weighted by atomic mass is 16.3. The standard InChI is InChI=1S/C15H22O4/c1-14(2)4-7-9(5-14)15(3)10(12(18)13(15)19)8(6-16)11(7)17/h7,9,11,13,16-17,19H,4-6H2,1-3H3/t7-,9+,11+,13-,15-/m1/s1. The summed E-state index contributed by atoms with van der Waals surface area (Å²) in [5.74, 6) is -0.155. The van der Waals surface area contributed by atoms with Crippen LogP contribution in [0.25, 0.3) is 0 Å². The number of hydrogen-bond donors (Lipinski definition) is 3. The van der Waals surface area contributed by atoms with E-state index in [1.165, 1.54) is 0 Å². The summed E-state index contributed by atoms with van der Waals surface area (Å²) in [6, 6.07) is 0. The molecule has 0 radical (unpaired) electrons. The molecular weight excluding hydrogens is 244 g/mol. The van der Waals surface area contributed by atoms with Crippen LogP contribution in [-0.4, -0.2) is 39.9 Å². The third-order valence-electron chi connectivity index (χ3n) is 5.70. The van der Waals surface area contributed by atoms with Crippen LogP contribution in [0.3, 0.4) is 0 Å². The highest BCUT2D eigenvalue weighted by Gasteiger charge is 2.67. The van der Waals surface area contributed by atoms with E-state index in [1.807, 2.05) is 6.92 Å². The number of Topliss-reactive ketones (excluding diaryl/α,β-unsaturated/α-hetero) is 1. The number of aliphatic hydroxyl groups excluding tert-OH is 3. The molecule has 0 aromatic rings. The number of rotatable bonds is 1. The predicted octanol–water partition coefficient (Wildman–Crippen LogP) is 0.652. The van der Waals surface area contributed by atoms with Gasteiger partial charge in [-0.1, -0.05) is 20.8 Å². The Morgan fingerprint density at radius 1 is 1.21 bits per heavy atom. The van der Waals surface area contributed by atoms with Crippen molar-refractivity contribution in [3.8, 4) is 0 Å². The second-order valence-corrected chi connectivity index (χ2v) is 7.40. The van der Waals surface area contributed by atoms with Crippen LogP contribution in [-0.2, 0) is 4.79 Å². The van der Waals surface area contributed by atoms with E-state index < -0.39 is 17.6 Å². The van der Waals surface area contributed by atoms with E-state index >= 15 is 0 Å². The van der Waals surface area contributed by atoms with Gasteiger partial charge in [-0.3, -0.25) is 4.79 Å². The number of hydrogen-bond acceptors (Lipinski definition) is 4. The molecule has 0 unspecified atom stereocenters. The maximum Gasteiger partial charge on any atom is 0.188 e. The highest BCUT2D eigenvalue weighted by Crippen LogP contribution is 2.64. The lowest BCUT2D eigenvalue weighted by Gasteiger charge is -2.56. The fourth-order valence-electron chi connectivity index (χ4n) is 4.80. The van der Waals surface area contributed by atoms with E-state index in [2.05, 4.69) is 13.8 Å². The minimum absolute atomic E-state index is 0.0358. The number of carbonyl (C=O) groups is 1. The summed E-state index contributed by atoms with van der Waals surface area (Å²) in [7, 11) is 0. The Bertz CT molecular complexity index is 479. The number of aliphatic hydroxyl groups is 3. The van der Waals surface area contributed by atoms with Crippen molar-refractivity contribution in [1.29, 1.82) is 0 Å². The van der Waals surface area contributed by atoms with Gasteiger partial charge >= 0.3 is 0 Å². The van der Waals surface area contributed by atoms with Gasteiger partial charge in [0.15, 0.2) is 5.78 Å². The smallest absolute Gasteiger partial charge is 0.188 e. The van der Waals surface area contributed by atoms with Crippen molar-refractivity contribution >= 4 is 5.78 Å². The minimum Gasteiger partial charge on any atom is -0.392 e. The van der Waals surface area contributed by atoms with Crippen LogP contribution in [0.15, 0.2) is 11.1 Å². The quantitative estimate of drug-likeness (QED) is 0.651. The topological polar surface area (TPSA) is 77.8 Å². The molecular formula is C15H22O4. The van der Waals surface area contributed by atoms with E-state index in [0.29, 0.717) is 11.1 Å². The third-order valence-corrected chi connectivity index (χ3v) is 5.70. The number of carbonyl (C=O) groups excluding carboxylic acids is 1. The lowest BCUT2D eigenvalue weighted by Crippen LogP contribution is -2.63. The van der Waals surface area contributed by atoms with Crippen LogP contribution in [0.4, 0.5) is 0 Å². The zero-order valence-corrected chi connectivity index (χ0v) is 11.7.